The van der Waals surface area contributed by atoms with Gasteiger partial charge in [0.05, 0.1) is 0 Å². The molecule has 1 fully saturated rings. The number of hydrogen-bond donors (Lipinski definition) is 1. The molecule has 2 N–H and O–H groups in total. The number of primary amides is 1. The van der Waals surface area contributed by atoms with Crippen LogP contribution < -0.4 is 5.73 Å². The van der Waals surface area contributed by atoms with E-state index in [9.17, 15) is 9.18 Å². The Balaban J connectivity index is 2.03. The van der Waals surface area contributed by atoms with E-state index in [2.05, 4.69) is 23.6 Å². The SMILES string of the molecule is CC(C)C1CN(CCC(N)=O)CCCN1Cc1ccc(F)cc1. The lowest BCUT2D eigenvalue weighted by atomic mass is 10.0. The van der Waals surface area contributed by atoms with Crippen LogP contribution in [0.5, 0.6) is 0 Å². The van der Waals surface area contributed by atoms with Crippen molar-refractivity contribution in [2.75, 3.05) is 26.2 Å². The Labute approximate surface area is 138 Å². The topological polar surface area (TPSA) is 49.6 Å². The summed E-state index contributed by atoms with van der Waals surface area (Å²) in [5.41, 5.74) is 6.42. The maximum Gasteiger partial charge on any atom is 0.218 e. The monoisotopic (exact) mass is 321 g/mol. The molecule has 0 aliphatic carbocycles. The Morgan fingerprint density at radius 1 is 1.30 bits per heavy atom. The third-order valence-corrected chi connectivity index (χ3v) is 4.58. The van der Waals surface area contributed by atoms with Gasteiger partial charge in [-0.15, -0.1) is 0 Å². The molecule has 1 aromatic carbocycles. The molecule has 0 bridgehead atoms. The Bertz CT molecular complexity index is 503. The van der Waals surface area contributed by atoms with Crippen molar-refractivity contribution >= 4 is 5.91 Å². The third kappa shape index (κ3) is 5.59. The van der Waals surface area contributed by atoms with Gasteiger partial charge in [-0.2, -0.15) is 0 Å². The Morgan fingerprint density at radius 2 is 2.00 bits per heavy atom. The zero-order chi connectivity index (χ0) is 16.8. The fourth-order valence-electron chi connectivity index (χ4n) is 3.26. The van der Waals surface area contributed by atoms with Crippen LogP contribution in [0.3, 0.4) is 0 Å². The van der Waals surface area contributed by atoms with Gasteiger partial charge in [-0.3, -0.25) is 9.69 Å². The summed E-state index contributed by atoms with van der Waals surface area (Å²) in [6.45, 7) is 9.02. The molecule has 1 aromatic rings. The molecule has 5 heteroatoms. The fraction of sp³-hybridized carbons (Fsp3) is 0.611. The molecule has 0 radical (unpaired) electrons. The molecule has 4 nitrogen and oxygen atoms in total. The first-order chi connectivity index (χ1) is 11.0. The van der Waals surface area contributed by atoms with Gasteiger partial charge in [-0.1, -0.05) is 26.0 Å². The van der Waals surface area contributed by atoms with Crippen molar-refractivity contribution in [1.29, 1.82) is 0 Å². The van der Waals surface area contributed by atoms with Gasteiger partial charge in [0, 0.05) is 38.6 Å². The third-order valence-electron chi connectivity index (χ3n) is 4.58. The van der Waals surface area contributed by atoms with Crippen molar-refractivity contribution in [1.82, 2.24) is 9.80 Å². The lowest BCUT2D eigenvalue weighted by molar-refractivity contribution is -0.118. The molecule has 0 aromatic heterocycles. The van der Waals surface area contributed by atoms with E-state index in [1.807, 2.05) is 12.1 Å². The van der Waals surface area contributed by atoms with Crippen LogP contribution in [0.25, 0.3) is 0 Å². The van der Waals surface area contributed by atoms with Gasteiger partial charge in [0.15, 0.2) is 0 Å². The summed E-state index contributed by atoms with van der Waals surface area (Å²) in [6, 6.07) is 7.20. The second-order valence-corrected chi connectivity index (χ2v) is 6.78. The molecule has 1 amide bonds. The first kappa shape index (κ1) is 17.9. The minimum absolute atomic E-state index is 0.192. The first-order valence-electron chi connectivity index (χ1n) is 8.45. The predicted molar refractivity (Wildman–Crippen MR) is 90.3 cm³/mol. The Kier molecular flexibility index (Phi) is 6.54. The molecule has 1 unspecified atom stereocenters. The second kappa shape index (κ2) is 8.41. The quantitative estimate of drug-likeness (QED) is 0.874. The largest absolute Gasteiger partial charge is 0.370 e. The Hall–Kier alpha value is -1.46. The second-order valence-electron chi connectivity index (χ2n) is 6.78. The Morgan fingerprint density at radius 3 is 2.61 bits per heavy atom. The van der Waals surface area contributed by atoms with E-state index in [0.29, 0.717) is 18.4 Å². The minimum Gasteiger partial charge on any atom is -0.370 e. The van der Waals surface area contributed by atoms with Gasteiger partial charge >= 0.3 is 0 Å². The molecule has 2 rings (SSSR count). The first-order valence-corrected chi connectivity index (χ1v) is 8.45. The number of halogens is 1. The molecular weight excluding hydrogens is 293 g/mol. The van der Waals surface area contributed by atoms with Crippen LogP contribution in [0.1, 0.15) is 32.3 Å². The molecule has 0 spiro atoms. The van der Waals surface area contributed by atoms with Crippen molar-refractivity contribution in [2.45, 2.75) is 39.3 Å². The van der Waals surface area contributed by atoms with E-state index in [1.165, 1.54) is 12.1 Å². The van der Waals surface area contributed by atoms with E-state index in [-0.39, 0.29) is 11.7 Å². The summed E-state index contributed by atoms with van der Waals surface area (Å²) >= 11 is 0. The van der Waals surface area contributed by atoms with E-state index in [0.717, 1.165) is 44.7 Å². The molecule has 1 aliphatic rings. The normalized spacial score (nSPS) is 20.6. The number of hydrogen-bond acceptors (Lipinski definition) is 3. The molecular formula is C18H28FN3O. The van der Waals surface area contributed by atoms with Crippen molar-refractivity contribution in [3.8, 4) is 0 Å². The zero-order valence-electron chi connectivity index (χ0n) is 14.2. The molecule has 128 valence electrons. The highest BCUT2D eigenvalue weighted by Crippen LogP contribution is 2.20. The molecule has 1 heterocycles. The van der Waals surface area contributed by atoms with E-state index in [1.54, 1.807) is 0 Å². The number of nitrogens with two attached hydrogens (primary N) is 1. The van der Waals surface area contributed by atoms with Gasteiger partial charge in [-0.05, 0) is 36.6 Å². The lowest BCUT2D eigenvalue weighted by Gasteiger charge is -2.34. The highest BCUT2D eigenvalue weighted by Gasteiger charge is 2.27. The molecule has 1 saturated heterocycles. The van der Waals surface area contributed by atoms with Crippen LogP contribution in [0.2, 0.25) is 0 Å². The van der Waals surface area contributed by atoms with Crippen LogP contribution in [0.4, 0.5) is 4.39 Å². The number of carbonyl (C=O) groups excluding carboxylic acids is 1. The molecule has 1 aliphatic heterocycles. The predicted octanol–water partition coefficient (Wildman–Crippen LogP) is 2.23. The average molecular weight is 321 g/mol. The summed E-state index contributed by atoms with van der Waals surface area (Å²) in [5.74, 6) is 0.0887. The molecule has 1 atom stereocenters. The van der Waals surface area contributed by atoms with Gasteiger partial charge < -0.3 is 10.6 Å². The van der Waals surface area contributed by atoms with Crippen LogP contribution in [0.15, 0.2) is 24.3 Å². The summed E-state index contributed by atoms with van der Waals surface area (Å²) in [4.78, 5) is 15.9. The summed E-state index contributed by atoms with van der Waals surface area (Å²) < 4.78 is 13.1. The number of nitrogens with zero attached hydrogens (tertiary/aromatic N) is 2. The maximum atomic E-state index is 13.1. The highest BCUT2D eigenvalue weighted by atomic mass is 19.1. The van der Waals surface area contributed by atoms with Gasteiger partial charge in [-0.25, -0.2) is 4.39 Å². The van der Waals surface area contributed by atoms with Gasteiger partial charge in [0.1, 0.15) is 5.82 Å². The maximum absolute atomic E-state index is 13.1. The van der Waals surface area contributed by atoms with Crippen LogP contribution in [0, 0.1) is 11.7 Å². The number of carbonyl (C=O) groups is 1. The van der Waals surface area contributed by atoms with Crippen molar-refractivity contribution in [2.24, 2.45) is 11.7 Å². The van der Waals surface area contributed by atoms with Crippen molar-refractivity contribution < 1.29 is 9.18 Å². The molecule has 23 heavy (non-hydrogen) atoms. The van der Waals surface area contributed by atoms with Crippen LogP contribution in [-0.4, -0.2) is 47.9 Å². The minimum atomic E-state index is -0.237. The highest BCUT2D eigenvalue weighted by molar-refractivity contribution is 5.73. The summed E-state index contributed by atoms with van der Waals surface area (Å²) in [5, 5.41) is 0. The van der Waals surface area contributed by atoms with E-state index in [4.69, 9.17) is 5.73 Å². The van der Waals surface area contributed by atoms with Crippen molar-refractivity contribution in [3.05, 3.63) is 35.6 Å². The van der Waals surface area contributed by atoms with Crippen molar-refractivity contribution in [3.63, 3.8) is 0 Å². The standard InChI is InChI=1S/C18H28FN3O/c1-14(2)17-13-21(11-8-18(20)23)9-3-10-22(17)12-15-4-6-16(19)7-5-15/h4-7,14,17H,3,8-13H2,1-2H3,(H2,20,23). The number of amides is 1. The molecule has 0 saturated carbocycles. The number of benzene rings is 1. The van der Waals surface area contributed by atoms with Crippen LogP contribution in [-0.2, 0) is 11.3 Å². The smallest absolute Gasteiger partial charge is 0.218 e. The zero-order valence-corrected chi connectivity index (χ0v) is 14.2. The van der Waals surface area contributed by atoms with E-state index < -0.39 is 0 Å². The van der Waals surface area contributed by atoms with Gasteiger partial charge in [0.25, 0.3) is 0 Å². The lowest BCUT2D eigenvalue weighted by Crippen LogP contribution is -2.44. The summed E-state index contributed by atoms with van der Waals surface area (Å²) in [7, 11) is 0. The average Bonchev–Trinajstić information content (AvgIpc) is 2.70. The fourth-order valence-corrected chi connectivity index (χ4v) is 3.26. The number of rotatable bonds is 6. The van der Waals surface area contributed by atoms with Gasteiger partial charge in [0.2, 0.25) is 5.91 Å². The summed E-state index contributed by atoms with van der Waals surface area (Å²) in [6.07, 6.45) is 1.49. The van der Waals surface area contributed by atoms with Crippen LogP contribution >= 0.6 is 0 Å². The van der Waals surface area contributed by atoms with E-state index >= 15 is 0 Å².